The van der Waals surface area contributed by atoms with Gasteiger partial charge in [0.1, 0.15) is 0 Å². The molecule has 0 saturated carbocycles. The summed E-state index contributed by atoms with van der Waals surface area (Å²) in [5.41, 5.74) is 7.34. The Morgan fingerprint density at radius 1 is 0.706 bits per heavy atom. The van der Waals surface area contributed by atoms with Gasteiger partial charge >= 0.3 is 21.7 Å². The van der Waals surface area contributed by atoms with Gasteiger partial charge in [0.25, 0.3) is 0 Å². The van der Waals surface area contributed by atoms with Gasteiger partial charge in [0.05, 0.1) is 0 Å². The van der Waals surface area contributed by atoms with Crippen molar-refractivity contribution in [3.8, 4) is 0 Å². The van der Waals surface area contributed by atoms with Crippen LogP contribution in [-0.4, -0.2) is 15.3 Å². The number of hydrogen-bond donors (Lipinski definition) is 3. The van der Waals surface area contributed by atoms with E-state index in [1.54, 1.807) is 0 Å². The minimum absolute atomic E-state index is 0. The minimum atomic E-state index is 0. The Morgan fingerprint density at radius 2 is 0.882 bits per heavy atom. The summed E-state index contributed by atoms with van der Waals surface area (Å²) in [5.74, 6) is 0. The van der Waals surface area contributed by atoms with Crippen LogP contribution in [-0.2, 0) is 21.7 Å². The van der Waals surface area contributed by atoms with E-state index >= 15 is 0 Å². The summed E-state index contributed by atoms with van der Waals surface area (Å²) in [5, 5.41) is 20.2. The van der Waals surface area contributed by atoms with Crippen LogP contribution < -0.4 is 0 Å². The fraction of sp³-hybridized carbons (Fsp3) is 0.385. The molecule has 0 aliphatic rings. The van der Waals surface area contributed by atoms with Gasteiger partial charge in [-0.15, -0.1) is 0 Å². The molecule has 0 radical (unpaired) electrons. The third kappa shape index (κ3) is 7.79. The first-order chi connectivity index (χ1) is 7.55. The number of aliphatic hydroxyl groups excluding tert-OH is 3. The van der Waals surface area contributed by atoms with E-state index in [4.69, 9.17) is 15.3 Å². The normalized spacial score (nSPS) is 7.24. The van der Waals surface area contributed by atoms with Crippen molar-refractivity contribution in [1.82, 2.24) is 0 Å². The van der Waals surface area contributed by atoms with Crippen LogP contribution in [0.2, 0.25) is 0 Å². The van der Waals surface area contributed by atoms with Crippen LogP contribution in [0.15, 0.2) is 0 Å². The quantitative estimate of drug-likeness (QED) is 0.502. The van der Waals surface area contributed by atoms with Crippen LogP contribution in [0.25, 0.3) is 0 Å². The number of aliphatic hydroxyl groups is 3. The van der Waals surface area contributed by atoms with Gasteiger partial charge in [-0.25, -0.2) is 21.3 Å². The van der Waals surface area contributed by atoms with Crippen LogP contribution in [0.5, 0.6) is 0 Å². The molecule has 1 rings (SSSR count). The predicted molar refractivity (Wildman–Crippen MR) is 67.6 cm³/mol. The molecule has 3 nitrogen and oxygen atoms in total. The molecule has 0 atom stereocenters. The molecule has 0 fully saturated rings. The van der Waals surface area contributed by atoms with E-state index in [9.17, 15) is 0 Å². The predicted octanol–water partition coefficient (Wildman–Crippen LogP) is 3.40. The maximum Gasteiger partial charge on any atom is 4.00 e. The van der Waals surface area contributed by atoms with Gasteiger partial charge in [-0.3, -0.25) is 0 Å². The van der Waals surface area contributed by atoms with Gasteiger partial charge in [-0.05, 0) is 0 Å². The SMILES string of the molecule is Cc1c(C)c(C)[c-](C)c1C.[CH2-]O.[CH2-]O.[CH2-]O.[Ti+4]. The second-order valence-electron chi connectivity index (χ2n) is 3.12. The summed E-state index contributed by atoms with van der Waals surface area (Å²) in [4.78, 5) is 0. The summed E-state index contributed by atoms with van der Waals surface area (Å²) < 4.78 is 0. The topological polar surface area (TPSA) is 60.7 Å². The van der Waals surface area contributed by atoms with Crippen LogP contribution in [0.1, 0.15) is 27.8 Å². The minimum Gasteiger partial charge on any atom is -0.569 e. The summed E-state index contributed by atoms with van der Waals surface area (Å²) in [7, 11) is 6.75. The summed E-state index contributed by atoms with van der Waals surface area (Å²) in [6.45, 7) is 11.0. The Balaban J connectivity index is -0.000000106. The third-order valence-electron chi connectivity index (χ3n) is 2.81. The van der Waals surface area contributed by atoms with E-state index in [0.29, 0.717) is 0 Å². The largest absolute Gasteiger partial charge is 4.00 e. The van der Waals surface area contributed by atoms with Gasteiger partial charge in [0, 0.05) is 0 Å². The van der Waals surface area contributed by atoms with E-state index in [1.807, 2.05) is 0 Å². The zero-order chi connectivity index (χ0) is 13.9. The Kier molecular flexibility index (Phi) is 24.1. The molecule has 98 valence electrons. The van der Waals surface area contributed by atoms with Gasteiger partial charge in [0.2, 0.25) is 0 Å². The molecule has 4 heteroatoms. The van der Waals surface area contributed by atoms with Gasteiger partial charge in [0.15, 0.2) is 0 Å². The standard InChI is InChI=1S/C10H15.3CH3O.Ti/c1-6-7(2)9(4)10(5)8(6)3;3*1-2;/h1-5H3;3*2H,1H2;/q4*-1;+4. The van der Waals surface area contributed by atoms with Crippen molar-refractivity contribution in [1.29, 1.82) is 0 Å². The fourth-order valence-electron chi connectivity index (χ4n) is 1.41. The van der Waals surface area contributed by atoms with Crippen LogP contribution in [0.4, 0.5) is 0 Å². The second kappa shape index (κ2) is 15.9. The molecule has 1 aromatic rings. The zero-order valence-corrected chi connectivity index (χ0v) is 13.0. The molecule has 0 amide bonds. The molecule has 0 aliphatic carbocycles. The molecule has 17 heavy (non-hydrogen) atoms. The van der Waals surface area contributed by atoms with E-state index in [-0.39, 0.29) is 21.7 Å². The van der Waals surface area contributed by atoms with Crippen LogP contribution >= 0.6 is 0 Å². The first-order valence-corrected chi connectivity index (χ1v) is 4.70. The molecule has 3 N–H and O–H groups in total. The van der Waals surface area contributed by atoms with Gasteiger partial charge in [-0.1, -0.05) is 34.6 Å². The van der Waals surface area contributed by atoms with Crippen molar-refractivity contribution in [2.45, 2.75) is 34.6 Å². The fourth-order valence-corrected chi connectivity index (χ4v) is 1.41. The third-order valence-corrected chi connectivity index (χ3v) is 2.81. The van der Waals surface area contributed by atoms with E-state index in [1.165, 1.54) is 27.8 Å². The van der Waals surface area contributed by atoms with Crippen molar-refractivity contribution in [3.05, 3.63) is 49.1 Å². The van der Waals surface area contributed by atoms with Crippen molar-refractivity contribution >= 4 is 0 Å². The Hall–Kier alpha value is -0.0557. The summed E-state index contributed by atoms with van der Waals surface area (Å²) >= 11 is 0. The van der Waals surface area contributed by atoms with Gasteiger partial charge in [-0.2, -0.15) is 27.8 Å². The molecule has 0 bridgehead atoms. The summed E-state index contributed by atoms with van der Waals surface area (Å²) in [6.07, 6.45) is 0. The van der Waals surface area contributed by atoms with Crippen LogP contribution in [0.3, 0.4) is 0 Å². The van der Waals surface area contributed by atoms with Crippen molar-refractivity contribution in [2.75, 3.05) is 0 Å². The molecular weight excluding hydrogens is 252 g/mol. The van der Waals surface area contributed by atoms with Crippen molar-refractivity contribution in [3.63, 3.8) is 0 Å². The summed E-state index contributed by atoms with van der Waals surface area (Å²) in [6, 6.07) is 0. The molecule has 0 aliphatic heterocycles. The molecule has 0 saturated heterocycles. The maximum absolute atomic E-state index is 6.75. The van der Waals surface area contributed by atoms with E-state index in [2.05, 4.69) is 55.9 Å². The van der Waals surface area contributed by atoms with Crippen LogP contribution in [0, 0.1) is 55.9 Å². The number of rotatable bonds is 0. The molecule has 0 aromatic heterocycles. The average Bonchev–Trinajstić information content (AvgIpc) is 2.55. The monoisotopic (exact) mass is 276 g/mol. The van der Waals surface area contributed by atoms with Crippen molar-refractivity contribution < 1.29 is 37.0 Å². The first kappa shape index (κ1) is 25.7. The molecule has 0 heterocycles. The smallest absolute Gasteiger partial charge is 0.569 e. The number of hydrogen-bond acceptors (Lipinski definition) is 3. The van der Waals surface area contributed by atoms with Gasteiger partial charge < -0.3 is 15.3 Å². The van der Waals surface area contributed by atoms with E-state index in [0.717, 1.165) is 0 Å². The van der Waals surface area contributed by atoms with E-state index < -0.39 is 0 Å². The molecule has 0 spiro atoms. The Morgan fingerprint density at radius 3 is 0.941 bits per heavy atom. The first-order valence-electron chi connectivity index (χ1n) is 4.70. The Bertz CT molecular complexity index is 188. The maximum atomic E-state index is 6.75. The zero-order valence-electron chi connectivity index (χ0n) is 11.5. The Labute approximate surface area is 121 Å². The molecule has 1 aromatic carbocycles. The molecule has 0 unspecified atom stereocenters. The average molecular weight is 276 g/mol. The van der Waals surface area contributed by atoms with Crippen molar-refractivity contribution in [2.24, 2.45) is 0 Å². The second-order valence-corrected chi connectivity index (χ2v) is 3.12. The molecular formula is C13H24O3Ti.